The molecule has 7 heteroatoms. The average molecular weight is 304 g/mol. The van der Waals surface area contributed by atoms with Gasteiger partial charge in [0.25, 0.3) is 0 Å². The fourth-order valence-corrected chi connectivity index (χ4v) is 2.06. The summed E-state index contributed by atoms with van der Waals surface area (Å²) in [7, 11) is 1.82. The molecule has 0 amide bonds. The topological polar surface area (TPSA) is 77.2 Å². The van der Waals surface area contributed by atoms with Gasteiger partial charge in [0.1, 0.15) is 0 Å². The predicted octanol–water partition coefficient (Wildman–Crippen LogP) is 1.37. The standard InChI is InChI=1S/C10H14BrN3O3/c1-7(4-12-2)5-13-6-8(11)3-9(10(13)15)14(16)17/h3,6-7,12H,4-5H2,1-2H3. The molecular formula is C10H14BrN3O3. The van der Waals surface area contributed by atoms with Gasteiger partial charge in [-0.3, -0.25) is 14.9 Å². The van der Waals surface area contributed by atoms with Gasteiger partial charge in [0, 0.05) is 23.3 Å². The van der Waals surface area contributed by atoms with Crippen LogP contribution in [0, 0.1) is 16.0 Å². The van der Waals surface area contributed by atoms with E-state index in [1.165, 1.54) is 10.6 Å². The van der Waals surface area contributed by atoms with Gasteiger partial charge in [0.05, 0.1) is 4.92 Å². The molecule has 0 spiro atoms. The molecule has 0 aliphatic carbocycles. The average Bonchev–Trinajstić information content (AvgIpc) is 2.22. The van der Waals surface area contributed by atoms with Gasteiger partial charge in [-0.2, -0.15) is 0 Å². The molecule has 1 heterocycles. The van der Waals surface area contributed by atoms with E-state index in [2.05, 4.69) is 21.2 Å². The number of hydrogen-bond donors (Lipinski definition) is 1. The molecule has 0 aliphatic heterocycles. The summed E-state index contributed by atoms with van der Waals surface area (Å²) < 4.78 is 1.89. The van der Waals surface area contributed by atoms with E-state index in [0.29, 0.717) is 11.0 Å². The Morgan fingerprint density at radius 3 is 2.82 bits per heavy atom. The van der Waals surface area contributed by atoms with Gasteiger partial charge in [-0.1, -0.05) is 6.92 Å². The fraction of sp³-hybridized carbons (Fsp3) is 0.500. The van der Waals surface area contributed by atoms with E-state index in [0.717, 1.165) is 6.54 Å². The first-order chi connectivity index (χ1) is 7.95. The van der Waals surface area contributed by atoms with Gasteiger partial charge in [0.2, 0.25) is 0 Å². The number of nitrogens with one attached hydrogen (secondary N) is 1. The second-order valence-corrected chi connectivity index (χ2v) is 4.84. The van der Waals surface area contributed by atoms with Crippen LogP contribution in [0.3, 0.4) is 0 Å². The highest BCUT2D eigenvalue weighted by molar-refractivity contribution is 9.10. The lowest BCUT2D eigenvalue weighted by molar-refractivity contribution is -0.386. The number of nitro groups is 1. The minimum absolute atomic E-state index is 0.214. The van der Waals surface area contributed by atoms with Gasteiger partial charge >= 0.3 is 11.2 Å². The molecule has 94 valence electrons. The number of hydrogen-bond acceptors (Lipinski definition) is 4. The molecular weight excluding hydrogens is 290 g/mol. The highest BCUT2D eigenvalue weighted by atomic mass is 79.9. The van der Waals surface area contributed by atoms with Crippen molar-refractivity contribution < 1.29 is 4.92 Å². The zero-order chi connectivity index (χ0) is 13.0. The van der Waals surface area contributed by atoms with Crippen LogP contribution in [-0.4, -0.2) is 23.1 Å². The van der Waals surface area contributed by atoms with Gasteiger partial charge in [0.15, 0.2) is 0 Å². The molecule has 1 rings (SSSR count). The molecule has 1 atom stereocenters. The zero-order valence-corrected chi connectivity index (χ0v) is 11.2. The predicted molar refractivity (Wildman–Crippen MR) is 68.1 cm³/mol. The van der Waals surface area contributed by atoms with Crippen molar-refractivity contribution in [3.8, 4) is 0 Å². The lowest BCUT2D eigenvalue weighted by atomic mass is 10.2. The molecule has 1 unspecified atom stereocenters. The normalized spacial score (nSPS) is 12.4. The molecule has 0 fully saturated rings. The van der Waals surface area contributed by atoms with Crippen LogP contribution in [0.2, 0.25) is 0 Å². The molecule has 1 aromatic rings. The maximum Gasteiger partial charge on any atom is 0.335 e. The molecule has 0 aliphatic rings. The van der Waals surface area contributed by atoms with Crippen molar-refractivity contribution in [3.05, 3.63) is 37.2 Å². The fourth-order valence-electron chi connectivity index (χ4n) is 1.60. The molecule has 1 N–H and O–H groups in total. The Bertz CT molecular complexity index is 472. The van der Waals surface area contributed by atoms with Crippen molar-refractivity contribution in [2.75, 3.05) is 13.6 Å². The number of nitrogens with zero attached hydrogens (tertiary/aromatic N) is 2. The zero-order valence-electron chi connectivity index (χ0n) is 9.64. The summed E-state index contributed by atoms with van der Waals surface area (Å²) in [5, 5.41) is 13.7. The Hall–Kier alpha value is -1.21. The largest absolute Gasteiger partial charge is 0.335 e. The Kier molecular flexibility index (Phi) is 4.83. The first kappa shape index (κ1) is 13.9. The summed E-state index contributed by atoms with van der Waals surface area (Å²) in [6.45, 7) is 3.16. The first-order valence-corrected chi connectivity index (χ1v) is 5.94. The minimum Gasteiger partial charge on any atom is -0.319 e. The summed E-state index contributed by atoms with van der Waals surface area (Å²) in [4.78, 5) is 21.8. The quantitative estimate of drug-likeness (QED) is 0.658. The van der Waals surface area contributed by atoms with Crippen LogP contribution in [-0.2, 0) is 6.54 Å². The van der Waals surface area contributed by atoms with Crippen molar-refractivity contribution in [3.63, 3.8) is 0 Å². The Labute approximate surface area is 107 Å². The van der Waals surface area contributed by atoms with Gasteiger partial charge in [-0.05, 0) is 35.4 Å². The monoisotopic (exact) mass is 303 g/mol. The van der Waals surface area contributed by atoms with E-state index in [-0.39, 0.29) is 5.92 Å². The summed E-state index contributed by atoms with van der Waals surface area (Å²) in [5.41, 5.74) is -0.975. The van der Waals surface area contributed by atoms with Crippen LogP contribution in [0.25, 0.3) is 0 Å². The summed E-state index contributed by atoms with van der Waals surface area (Å²) >= 11 is 3.16. The van der Waals surface area contributed by atoms with Crippen molar-refractivity contribution in [2.45, 2.75) is 13.5 Å². The minimum atomic E-state index is -0.660. The van der Waals surface area contributed by atoms with Crippen molar-refractivity contribution in [2.24, 2.45) is 5.92 Å². The van der Waals surface area contributed by atoms with E-state index < -0.39 is 16.2 Å². The molecule has 1 aromatic heterocycles. The lowest BCUT2D eigenvalue weighted by Gasteiger charge is -2.12. The maximum absolute atomic E-state index is 11.8. The smallest absolute Gasteiger partial charge is 0.319 e. The number of rotatable bonds is 5. The molecule has 0 saturated carbocycles. The summed E-state index contributed by atoms with van der Waals surface area (Å²) in [5.74, 6) is 0.214. The SMILES string of the molecule is CNCC(C)Cn1cc(Br)cc([N+](=O)[O-])c1=O. The second-order valence-electron chi connectivity index (χ2n) is 3.92. The maximum atomic E-state index is 11.8. The lowest BCUT2D eigenvalue weighted by Crippen LogP contribution is -2.28. The van der Waals surface area contributed by atoms with E-state index >= 15 is 0 Å². The summed E-state index contributed by atoms with van der Waals surface area (Å²) in [6, 6.07) is 1.22. The van der Waals surface area contributed by atoms with Crippen molar-refractivity contribution in [1.82, 2.24) is 9.88 Å². The number of aromatic nitrogens is 1. The van der Waals surface area contributed by atoms with E-state index in [4.69, 9.17) is 0 Å². The summed E-state index contributed by atoms with van der Waals surface area (Å²) in [6.07, 6.45) is 1.57. The third-order valence-corrected chi connectivity index (χ3v) is 2.73. The molecule has 0 saturated heterocycles. The highest BCUT2D eigenvalue weighted by Crippen LogP contribution is 2.14. The second kappa shape index (κ2) is 5.92. The molecule has 17 heavy (non-hydrogen) atoms. The van der Waals surface area contributed by atoms with Crippen LogP contribution >= 0.6 is 15.9 Å². The third-order valence-electron chi connectivity index (χ3n) is 2.29. The Balaban J connectivity index is 3.08. The Morgan fingerprint density at radius 2 is 2.29 bits per heavy atom. The highest BCUT2D eigenvalue weighted by Gasteiger charge is 2.16. The number of pyridine rings is 1. The van der Waals surface area contributed by atoms with Crippen molar-refractivity contribution >= 4 is 21.6 Å². The van der Waals surface area contributed by atoms with Crippen LogP contribution in [0.1, 0.15) is 6.92 Å². The van der Waals surface area contributed by atoms with Gasteiger partial charge in [-0.15, -0.1) is 0 Å². The van der Waals surface area contributed by atoms with E-state index in [9.17, 15) is 14.9 Å². The third kappa shape index (κ3) is 3.64. The molecule has 6 nitrogen and oxygen atoms in total. The van der Waals surface area contributed by atoms with Crippen LogP contribution < -0.4 is 10.9 Å². The van der Waals surface area contributed by atoms with Crippen LogP contribution in [0.4, 0.5) is 5.69 Å². The van der Waals surface area contributed by atoms with Gasteiger partial charge < -0.3 is 9.88 Å². The van der Waals surface area contributed by atoms with E-state index in [1.54, 1.807) is 6.20 Å². The first-order valence-electron chi connectivity index (χ1n) is 5.14. The molecule has 0 aromatic carbocycles. The van der Waals surface area contributed by atoms with E-state index in [1.807, 2.05) is 14.0 Å². The van der Waals surface area contributed by atoms with Crippen LogP contribution in [0.5, 0.6) is 0 Å². The van der Waals surface area contributed by atoms with Gasteiger partial charge in [-0.25, -0.2) is 0 Å². The van der Waals surface area contributed by atoms with Crippen LogP contribution in [0.15, 0.2) is 21.5 Å². The Morgan fingerprint density at radius 1 is 1.65 bits per heavy atom. The molecule has 0 bridgehead atoms. The van der Waals surface area contributed by atoms with Crippen molar-refractivity contribution in [1.29, 1.82) is 0 Å². The number of halogens is 1. The molecule has 0 radical (unpaired) electrons.